The number of esters is 1. The van der Waals surface area contributed by atoms with Crippen LogP contribution in [0.5, 0.6) is 0 Å². The van der Waals surface area contributed by atoms with E-state index in [1.54, 1.807) is 13.8 Å². The fourth-order valence-electron chi connectivity index (χ4n) is 2.17. The van der Waals surface area contributed by atoms with Crippen molar-refractivity contribution in [3.05, 3.63) is 22.5 Å². The Morgan fingerprint density at radius 2 is 1.80 bits per heavy atom. The van der Waals surface area contributed by atoms with Gasteiger partial charge in [0.2, 0.25) is 0 Å². The van der Waals surface area contributed by atoms with Crippen LogP contribution >= 0.6 is 11.8 Å². The molecule has 1 aromatic rings. The first-order valence-electron chi connectivity index (χ1n) is 7.08. The maximum Gasteiger partial charge on any atom is 0.434 e. The number of nitrogens with zero attached hydrogens (tertiary/aromatic N) is 1. The Labute approximate surface area is 145 Å². The Morgan fingerprint density at radius 1 is 1.24 bits per heavy atom. The number of carbonyl (C=O) groups is 2. The van der Waals surface area contributed by atoms with Crippen molar-refractivity contribution in [1.29, 1.82) is 0 Å². The molecule has 140 valence electrons. The Bertz CT molecular complexity index is 674. The highest BCUT2D eigenvalue weighted by atomic mass is 32.2. The minimum absolute atomic E-state index is 0.134. The molecule has 0 aliphatic rings. The minimum atomic E-state index is -5.07. The Hall–Kier alpha value is -1.71. The van der Waals surface area contributed by atoms with Crippen molar-refractivity contribution in [3.8, 4) is 0 Å². The molecule has 1 rings (SSSR count). The largest absolute Gasteiger partial charge is 0.465 e. The number of thioether (sulfide) groups is 1. The molecule has 0 unspecified atom stereocenters. The highest BCUT2D eigenvalue weighted by Crippen LogP contribution is 2.42. The van der Waals surface area contributed by atoms with Crippen LogP contribution in [0, 0.1) is 5.92 Å². The first-order chi connectivity index (χ1) is 11.4. The van der Waals surface area contributed by atoms with Gasteiger partial charge in [0.1, 0.15) is 5.69 Å². The van der Waals surface area contributed by atoms with Gasteiger partial charge in [-0.15, -0.1) is 0 Å². The van der Waals surface area contributed by atoms with E-state index in [0.29, 0.717) is 0 Å². The van der Waals surface area contributed by atoms with Crippen molar-refractivity contribution in [3.63, 3.8) is 0 Å². The number of rotatable bonds is 5. The van der Waals surface area contributed by atoms with Crippen molar-refractivity contribution < 1.29 is 36.3 Å². The first-order valence-corrected chi connectivity index (χ1v) is 7.90. The molecule has 0 spiro atoms. The van der Waals surface area contributed by atoms with Crippen molar-refractivity contribution in [2.24, 2.45) is 5.92 Å². The monoisotopic (exact) mass is 385 g/mol. The number of ether oxygens (including phenoxy) is 1. The van der Waals surface area contributed by atoms with Crippen molar-refractivity contribution in [2.75, 3.05) is 7.11 Å². The average Bonchev–Trinajstić information content (AvgIpc) is 2.45. The number of carbonyl (C=O) groups excluding carboxylic acids is 2. The molecular weight excluding hydrogens is 369 g/mol. The number of aromatic nitrogens is 1. The lowest BCUT2D eigenvalue weighted by molar-refractivity contribution is -0.143. The number of hydrogen-bond donors (Lipinski definition) is 0. The fourth-order valence-corrected chi connectivity index (χ4v) is 3.03. The molecule has 0 amide bonds. The summed E-state index contributed by atoms with van der Waals surface area (Å²) in [5.74, 6) is -1.50. The average molecular weight is 385 g/mol. The molecule has 4 nitrogen and oxygen atoms in total. The van der Waals surface area contributed by atoms with E-state index < -0.39 is 45.5 Å². The SMILES string of the molecule is COC(=O)c1c(C(F)F)nc(C(F)(F)F)c(SC(C)=O)c1CC(C)C. The quantitative estimate of drug-likeness (QED) is 0.419. The van der Waals surface area contributed by atoms with Crippen LogP contribution in [0.4, 0.5) is 22.0 Å². The lowest BCUT2D eigenvalue weighted by Gasteiger charge is -2.21. The third-order valence-corrected chi connectivity index (χ3v) is 3.93. The maximum atomic E-state index is 13.3. The summed E-state index contributed by atoms with van der Waals surface area (Å²) in [6.07, 6.45) is -8.62. The number of methoxy groups -OCH3 is 1. The number of alkyl halides is 5. The van der Waals surface area contributed by atoms with Gasteiger partial charge in [-0.05, 0) is 29.7 Å². The molecule has 0 aromatic carbocycles. The van der Waals surface area contributed by atoms with Crippen LogP contribution in [0.2, 0.25) is 0 Å². The van der Waals surface area contributed by atoms with Gasteiger partial charge in [0.15, 0.2) is 10.8 Å². The van der Waals surface area contributed by atoms with Crippen LogP contribution in [0.1, 0.15) is 54.5 Å². The summed E-state index contributed by atoms with van der Waals surface area (Å²) in [4.78, 5) is 25.7. The lowest BCUT2D eigenvalue weighted by atomic mass is 9.96. The Kier molecular flexibility index (Phi) is 6.92. The summed E-state index contributed by atoms with van der Waals surface area (Å²) in [5, 5.41) is -0.696. The second-order valence-electron chi connectivity index (χ2n) is 5.51. The van der Waals surface area contributed by atoms with E-state index in [-0.39, 0.29) is 29.7 Å². The Morgan fingerprint density at radius 3 is 2.16 bits per heavy atom. The van der Waals surface area contributed by atoms with Gasteiger partial charge < -0.3 is 4.74 Å². The lowest BCUT2D eigenvalue weighted by Crippen LogP contribution is -2.21. The molecule has 0 radical (unpaired) electrons. The predicted molar refractivity (Wildman–Crippen MR) is 80.6 cm³/mol. The number of hydrogen-bond acceptors (Lipinski definition) is 5. The van der Waals surface area contributed by atoms with E-state index in [9.17, 15) is 31.5 Å². The molecule has 0 N–H and O–H groups in total. The van der Waals surface area contributed by atoms with Gasteiger partial charge in [-0.2, -0.15) is 13.2 Å². The molecule has 25 heavy (non-hydrogen) atoms. The summed E-state index contributed by atoms with van der Waals surface area (Å²) in [6.45, 7) is 4.31. The van der Waals surface area contributed by atoms with Crippen LogP contribution in [0.25, 0.3) is 0 Å². The van der Waals surface area contributed by atoms with Gasteiger partial charge >= 0.3 is 12.1 Å². The molecule has 1 heterocycles. The maximum absolute atomic E-state index is 13.3. The summed E-state index contributed by atoms with van der Waals surface area (Å²) in [7, 11) is 0.923. The normalized spacial score (nSPS) is 12.0. The predicted octanol–water partition coefficient (Wildman–Crippen LogP) is 4.66. The van der Waals surface area contributed by atoms with Crippen LogP contribution in [0.15, 0.2) is 4.90 Å². The molecule has 0 atom stereocenters. The van der Waals surface area contributed by atoms with E-state index in [4.69, 9.17) is 0 Å². The number of halogens is 5. The van der Waals surface area contributed by atoms with Crippen LogP contribution in [0.3, 0.4) is 0 Å². The van der Waals surface area contributed by atoms with Crippen molar-refractivity contribution >= 4 is 22.8 Å². The molecule has 0 bridgehead atoms. The molecule has 0 saturated carbocycles. The standard InChI is InChI=1S/C15H16F5NO3S/c1-6(2)5-8-9(14(23)24-4)10(13(16)17)21-12(15(18,19)20)11(8)25-7(3)22/h6,13H,5H2,1-4H3. The molecule has 0 saturated heterocycles. The summed E-state index contributed by atoms with van der Waals surface area (Å²) >= 11 is 0.209. The highest BCUT2D eigenvalue weighted by Gasteiger charge is 2.41. The zero-order chi connectivity index (χ0) is 19.5. The molecule has 10 heteroatoms. The van der Waals surface area contributed by atoms with Crippen LogP contribution < -0.4 is 0 Å². The third-order valence-electron chi connectivity index (χ3n) is 3.00. The van der Waals surface area contributed by atoms with Gasteiger partial charge in [0.05, 0.1) is 17.6 Å². The third kappa shape index (κ3) is 5.13. The van der Waals surface area contributed by atoms with Crippen molar-refractivity contribution in [1.82, 2.24) is 4.98 Å². The van der Waals surface area contributed by atoms with Gasteiger partial charge in [0.25, 0.3) is 6.43 Å². The molecular formula is C15H16F5NO3S. The second kappa shape index (κ2) is 8.11. The zero-order valence-corrected chi connectivity index (χ0v) is 14.6. The van der Waals surface area contributed by atoms with E-state index in [0.717, 1.165) is 14.0 Å². The van der Waals surface area contributed by atoms with Gasteiger partial charge in [-0.25, -0.2) is 18.6 Å². The molecule has 1 aromatic heterocycles. The van der Waals surface area contributed by atoms with E-state index in [2.05, 4.69) is 9.72 Å². The van der Waals surface area contributed by atoms with Crippen molar-refractivity contribution in [2.45, 2.75) is 44.7 Å². The van der Waals surface area contributed by atoms with E-state index >= 15 is 0 Å². The van der Waals surface area contributed by atoms with E-state index in [1.807, 2.05) is 0 Å². The van der Waals surface area contributed by atoms with Gasteiger partial charge in [-0.3, -0.25) is 4.79 Å². The number of pyridine rings is 1. The van der Waals surface area contributed by atoms with Crippen LogP contribution in [-0.4, -0.2) is 23.2 Å². The van der Waals surface area contributed by atoms with Gasteiger partial charge in [-0.1, -0.05) is 13.8 Å². The first kappa shape index (κ1) is 21.3. The smallest absolute Gasteiger partial charge is 0.434 e. The zero-order valence-electron chi connectivity index (χ0n) is 13.8. The van der Waals surface area contributed by atoms with Crippen LogP contribution in [-0.2, 0) is 22.1 Å². The molecule has 0 aliphatic carbocycles. The van der Waals surface area contributed by atoms with E-state index in [1.165, 1.54) is 0 Å². The highest BCUT2D eigenvalue weighted by molar-refractivity contribution is 8.13. The molecule has 0 aliphatic heterocycles. The second-order valence-corrected chi connectivity index (χ2v) is 6.70. The summed E-state index contributed by atoms with van der Waals surface area (Å²) < 4.78 is 71.0. The van der Waals surface area contributed by atoms with Gasteiger partial charge in [0, 0.05) is 6.92 Å². The fraction of sp³-hybridized carbons (Fsp3) is 0.533. The molecule has 0 fully saturated rings. The Balaban J connectivity index is 3.97. The summed E-state index contributed by atoms with van der Waals surface area (Å²) in [6, 6.07) is 0. The summed E-state index contributed by atoms with van der Waals surface area (Å²) in [5.41, 5.74) is -3.93. The minimum Gasteiger partial charge on any atom is -0.465 e. The topological polar surface area (TPSA) is 56.3 Å².